The minimum absolute atomic E-state index is 0.115. The van der Waals surface area contributed by atoms with E-state index >= 15 is 0 Å². The van der Waals surface area contributed by atoms with Crippen LogP contribution in [0.5, 0.6) is 0 Å². The summed E-state index contributed by atoms with van der Waals surface area (Å²) < 4.78 is 0. The Bertz CT molecular complexity index is 847. The lowest BCUT2D eigenvalue weighted by atomic mass is 10.1. The van der Waals surface area contributed by atoms with Gasteiger partial charge in [0.15, 0.2) is 0 Å². The largest absolute Gasteiger partial charge is 0.354 e. The van der Waals surface area contributed by atoms with Crippen molar-refractivity contribution in [1.82, 2.24) is 10.3 Å². The predicted molar refractivity (Wildman–Crippen MR) is 101 cm³/mol. The molecule has 0 saturated carbocycles. The van der Waals surface area contributed by atoms with Crippen molar-refractivity contribution >= 4 is 17.3 Å². The second kappa shape index (κ2) is 8.11. The molecule has 0 radical (unpaired) electrons. The standard InChI is InChI=1S/C21H21N3O/c1-16-6-5-9-19(12-16)24-20-13-18(14-22-15-20)21(25)23-11-10-17-7-3-2-4-8-17/h2-9,12-15,24H,10-11H2,1H3,(H,23,25). The van der Waals surface area contributed by atoms with E-state index in [1.807, 2.05) is 55.5 Å². The molecule has 0 aliphatic heterocycles. The number of nitrogens with one attached hydrogen (secondary N) is 2. The van der Waals surface area contributed by atoms with Crippen LogP contribution < -0.4 is 10.6 Å². The van der Waals surface area contributed by atoms with Crippen molar-refractivity contribution in [2.45, 2.75) is 13.3 Å². The highest BCUT2D eigenvalue weighted by atomic mass is 16.1. The van der Waals surface area contributed by atoms with Crippen molar-refractivity contribution in [2.24, 2.45) is 0 Å². The molecule has 1 aromatic heterocycles. The van der Waals surface area contributed by atoms with E-state index in [1.54, 1.807) is 12.4 Å². The molecule has 0 fully saturated rings. The SMILES string of the molecule is Cc1cccc(Nc2cncc(C(=O)NCCc3ccccc3)c2)c1. The van der Waals surface area contributed by atoms with Crippen molar-refractivity contribution in [3.63, 3.8) is 0 Å². The number of benzene rings is 2. The van der Waals surface area contributed by atoms with Crippen molar-refractivity contribution in [2.75, 3.05) is 11.9 Å². The number of aryl methyl sites for hydroxylation is 1. The Balaban J connectivity index is 1.59. The molecule has 2 N–H and O–H groups in total. The van der Waals surface area contributed by atoms with Crippen LogP contribution in [0.15, 0.2) is 73.1 Å². The molecule has 25 heavy (non-hydrogen) atoms. The van der Waals surface area contributed by atoms with Gasteiger partial charge in [0, 0.05) is 18.4 Å². The lowest BCUT2D eigenvalue weighted by Gasteiger charge is -2.09. The van der Waals surface area contributed by atoms with Gasteiger partial charge in [-0.3, -0.25) is 9.78 Å². The van der Waals surface area contributed by atoms with Crippen LogP contribution in [0.4, 0.5) is 11.4 Å². The van der Waals surface area contributed by atoms with Gasteiger partial charge in [-0.15, -0.1) is 0 Å². The van der Waals surface area contributed by atoms with Gasteiger partial charge in [0.2, 0.25) is 0 Å². The van der Waals surface area contributed by atoms with Crippen LogP contribution in [0.25, 0.3) is 0 Å². The fraction of sp³-hybridized carbons (Fsp3) is 0.143. The Hall–Kier alpha value is -3.14. The molecule has 0 saturated heterocycles. The third-order valence-corrected chi connectivity index (χ3v) is 3.85. The Labute approximate surface area is 147 Å². The molecule has 4 heteroatoms. The van der Waals surface area contributed by atoms with E-state index in [4.69, 9.17) is 0 Å². The minimum Gasteiger partial charge on any atom is -0.354 e. The lowest BCUT2D eigenvalue weighted by molar-refractivity contribution is 0.0954. The summed E-state index contributed by atoms with van der Waals surface area (Å²) in [7, 11) is 0. The van der Waals surface area contributed by atoms with Gasteiger partial charge in [0.05, 0.1) is 17.4 Å². The highest BCUT2D eigenvalue weighted by Gasteiger charge is 2.07. The maximum atomic E-state index is 12.3. The minimum atomic E-state index is -0.115. The van der Waals surface area contributed by atoms with E-state index in [9.17, 15) is 4.79 Å². The number of hydrogen-bond acceptors (Lipinski definition) is 3. The molecule has 4 nitrogen and oxygen atoms in total. The number of nitrogens with zero attached hydrogens (tertiary/aromatic N) is 1. The molecule has 3 aromatic rings. The maximum absolute atomic E-state index is 12.3. The average Bonchev–Trinajstić information content (AvgIpc) is 2.63. The molecule has 126 valence electrons. The van der Waals surface area contributed by atoms with E-state index in [0.29, 0.717) is 12.1 Å². The summed E-state index contributed by atoms with van der Waals surface area (Å²) in [5.41, 5.74) is 4.69. The molecule has 0 unspecified atom stereocenters. The van der Waals surface area contributed by atoms with Crippen molar-refractivity contribution in [1.29, 1.82) is 0 Å². The van der Waals surface area contributed by atoms with Gasteiger partial charge >= 0.3 is 0 Å². The van der Waals surface area contributed by atoms with Gasteiger partial charge in [0.25, 0.3) is 5.91 Å². The molecule has 0 spiro atoms. The smallest absolute Gasteiger partial charge is 0.252 e. The second-order valence-electron chi connectivity index (χ2n) is 5.95. The number of rotatable bonds is 6. The summed E-state index contributed by atoms with van der Waals surface area (Å²) in [6.45, 7) is 2.64. The van der Waals surface area contributed by atoms with Gasteiger partial charge < -0.3 is 10.6 Å². The molecule has 1 amide bonds. The van der Waals surface area contributed by atoms with Gasteiger partial charge in [-0.2, -0.15) is 0 Å². The first-order valence-corrected chi connectivity index (χ1v) is 8.31. The summed E-state index contributed by atoms with van der Waals surface area (Å²) in [4.78, 5) is 16.5. The van der Waals surface area contributed by atoms with E-state index in [0.717, 1.165) is 17.8 Å². The molecule has 3 rings (SSSR count). The summed E-state index contributed by atoms with van der Waals surface area (Å²) in [5, 5.41) is 6.22. The Morgan fingerprint density at radius 3 is 2.60 bits per heavy atom. The maximum Gasteiger partial charge on any atom is 0.252 e. The van der Waals surface area contributed by atoms with Crippen LogP contribution in [0.2, 0.25) is 0 Å². The van der Waals surface area contributed by atoms with Crippen LogP contribution >= 0.6 is 0 Å². The Morgan fingerprint density at radius 1 is 0.960 bits per heavy atom. The first kappa shape index (κ1) is 16.7. The fourth-order valence-electron chi connectivity index (χ4n) is 2.59. The topological polar surface area (TPSA) is 54.0 Å². The normalized spacial score (nSPS) is 10.3. The van der Waals surface area contributed by atoms with Gasteiger partial charge in [0.1, 0.15) is 0 Å². The zero-order valence-electron chi connectivity index (χ0n) is 14.2. The monoisotopic (exact) mass is 331 g/mol. The number of pyridine rings is 1. The fourth-order valence-corrected chi connectivity index (χ4v) is 2.59. The summed E-state index contributed by atoms with van der Waals surface area (Å²) in [6.07, 6.45) is 4.10. The van der Waals surface area contributed by atoms with Crippen LogP contribution in [-0.2, 0) is 6.42 Å². The van der Waals surface area contributed by atoms with E-state index in [-0.39, 0.29) is 5.91 Å². The summed E-state index contributed by atoms with van der Waals surface area (Å²) >= 11 is 0. The molecule has 1 heterocycles. The summed E-state index contributed by atoms with van der Waals surface area (Å²) in [6, 6.07) is 20.0. The second-order valence-corrected chi connectivity index (χ2v) is 5.95. The zero-order chi connectivity index (χ0) is 17.5. The lowest BCUT2D eigenvalue weighted by Crippen LogP contribution is -2.25. The molecule has 0 aliphatic rings. The predicted octanol–water partition coefficient (Wildman–Crippen LogP) is 4.11. The number of carbonyl (C=O) groups is 1. The Morgan fingerprint density at radius 2 is 1.80 bits per heavy atom. The third kappa shape index (κ3) is 4.91. The van der Waals surface area contributed by atoms with Crippen molar-refractivity contribution < 1.29 is 4.79 Å². The van der Waals surface area contributed by atoms with Gasteiger partial charge in [-0.25, -0.2) is 0 Å². The molecular weight excluding hydrogens is 310 g/mol. The van der Waals surface area contributed by atoms with Gasteiger partial charge in [-0.05, 0) is 42.7 Å². The molecule has 0 aliphatic carbocycles. The van der Waals surface area contributed by atoms with E-state index in [2.05, 4.69) is 27.8 Å². The molecule has 2 aromatic carbocycles. The third-order valence-electron chi connectivity index (χ3n) is 3.85. The first-order chi connectivity index (χ1) is 12.2. The van der Waals surface area contributed by atoms with Crippen LogP contribution in [0, 0.1) is 6.92 Å². The number of hydrogen-bond donors (Lipinski definition) is 2. The van der Waals surface area contributed by atoms with Crippen LogP contribution in [0.1, 0.15) is 21.5 Å². The number of amides is 1. The van der Waals surface area contributed by atoms with Crippen LogP contribution in [0.3, 0.4) is 0 Å². The Kier molecular flexibility index (Phi) is 5.42. The van der Waals surface area contributed by atoms with Crippen LogP contribution in [-0.4, -0.2) is 17.4 Å². The first-order valence-electron chi connectivity index (χ1n) is 8.31. The van der Waals surface area contributed by atoms with Crippen molar-refractivity contribution in [3.8, 4) is 0 Å². The number of carbonyl (C=O) groups excluding carboxylic acids is 1. The van der Waals surface area contributed by atoms with E-state index < -0.39 is 0 Å². The molecule has 0 bridgehead atoms. The molecule has 0 atom stereocenters. The molecular formula is C21H21N3O. The number of anilines is 2. The zero-order valence-corrected chi connectivity index (χ0v) is 14.2. The highest BCUT2D eigenvalue weighted by Crippen LogP contribution is 2.17. The van der Waals surface area contributed by atoms with Gasteiger partial charge in [-0.1, -0.05) is 42.5 Å². The quantitative estimate of drug-likeness (QED) is 0.715. The van der Waals surface area contributed by atoms with Crippen molar-refractivity contribution in [3.05, 3.63) is 89.7 Å². The van der Waals surface area contributed by atoms with E-state index in [1.165, 1.54) is 11.1 Å². The summed E-state index contributed by atoms with van der Waals surface area (Å²) in [5.74, 6) is -0.115. The average molecular weight is 331 g/mol. The highest BCUT2D eigenvalue weighted by molar-refractivity contribution is 5.94. The number of aromatic nitrogens is 1.